The highest BCUT2D eigenvalue weighted by Gasteiger charge is 2.53. The first-order chi connectivity index (χ1) is 31.1. The molecule has 0 amide bonds. The number of aromatic hydroxyl groups is 4. The molecule has 21 nitrogen and oxygen atoms in total. The van der Waals surface area contributed by atoms with Gasteiger partial charge in [0.25, 0.3) is 0 Å². The van der Waals surface area contributed by atoms with Gasteiger partial charge in [-0.3, -0.25) is 0 Å². The van der Waals surface area contributed by atoms with Crippen molar-refractivity contribution in [3.63, 3.8) is 0 Å². The predicted octanol–water partition coefficient (Wildman–Crippen LogP) is 0.0503. The highest BCUT2D eigenvalue weighted by Crippen LogP contribution is 2.34. The molecule has 0 bridgehead atoms. The number of aliphatic hydroxyl groups excluding tert-OH is 6. The second kappa shape index (κ2) is 22.9. The number of ether oxygens (including phenoxy) is 8. The number of hydrogen-bond donors (Lipinski definition) is 11. The third-order valence-electron chi connectivity index (χ3n) is 11.4. The molecule has 5 rings (SSSR count). The van der Waals surface area contributed by atoms with Crippen molar-refractivity contribution in [2.24, 2.45) is 0 Å². The van der Waals surface area contributed by atoms with E-state index in [2.05, 4.69) is 6.58 Å². The van der Waals surface area contributed by atoms with Crippen LogP contribution in [0.25, 0.3) is 6.08 Å². The van der Waals surface area contributed by atoms with E-state index in [1.807, 2.05) is 0 Å². The highest BCUT2D eigenvalue weighted by molar-refractivity contribution is 5.88. The molecule has 16 atom stereocenters. The van der Waals surface area contributed by atoms with Crippen LogP contribution in [0, 0.1) is 0 Å². The lowest BCUT2D eigenvalue weighted by molar-refractivity contribution is -0.363. The molecule has 2 aromatic rings. The fourth-order valence-electron chi connectivity index (χ4n) is 7.19. The number of allylic oxidation sites excluding steroid dienone is 1. The van der Waals surface area contributed by atoms with E-state index < -0.39 is 134 Å². The van der Waals surface area contributed by atoms with Crippen molar-refractivity contribution >= 4 is 18.0 Å². The van der Waals surface area contributed by atoms with Gasteiger partial charge in [0.15, 0.2) is 54.1 Å². The summed E-state index contributed by atoms with van der Waals surface area (Å²) in [4.78, 5) is 26.6. The number of benzene rings is 2. The Bertz CT molecular complexity index is 2020. The van der Waals surface area contributed by atoms with Crippen molar-refractivity contribution in [1.29, 1.82) is 0 Å². The smallest absolute Gasteiger partial charge is 0.333 e. The number of hydrogen-bond acceptors (Lipinski definition) is 21. The second-order valence-electron chi connectivity index (χ2n) is 16.6. The summed E-state index contributed by atoms with van der Waals surface area (Å²) >= 11 is 0. The van der Waals surface area contributed by atoms with Gasteiger partial charge in [0, 0.05) is 11.6 Å². The minimum absolute atomic E-state index is 0.0991. The van der Waals surface area contributed by atoms with Crippen molar-refractivity contribution < 1.29 is 104 Å². The van der Waals surface area contributed by atoms with E-state index in [0.717, 1.165) is 12.1 Å². The van der Waals surface area contributed by atoms with Crippen LogP contribution in [0.15, 0.2) is 66.8 Å². The molecule has 0 spiro atoms. The molecule has 11 N–H and O–H groups in total. The maximum atomic E-state index is 13.5. The summed E-state index contributed by atoms with van der Waals surface area (Å²) in [7, 11) is 0. The largest absolute Gasteiger partial charge is 0.504 e. The zero-order valence-corrected chi connectivity index (χ0v) is 36.7. The van der Waals surface area contributed by atoms with Gasteiger partial charge >= 0.3 is 11.9 Å². The number of carbonyl (C=O) groups is 2. The monoisotopic (exact) mass is 936 g/mol. The average molecular weight is 937 g/mol. The van der Waals surface area contributed by atoms with Gasteiger partial charge < -0.3 is 94.1 Å². The molecule has 0 radical (unpaired) electrons. The number of rotatable bonds is 18. The number of phenolic OH excluding ortho intramolecular Hbond substituents is 4. The van der Waals surface area contributed by atoms with Crippen LogP contribution >= 0.6 is 0 Å². The number of phenols is 4. The van der Waals surface area contributed by atoms with Crippen molar-refractivity contribution in [2.75, 3.05) is 13.2 Å². The summed E-state index contributed by atoms with van der Waals surface area (Å²) in [5.41, 5.74) is -0.311. The van der Waals surface area contributed by atoms with Crippen molar-refractivity contribution in [2.45, 2.75) is 145 Å². The summed E-state index contributed by atoms with van der Waals surface area (Å²) in [6.45, 7) is 8.51. The Balaban J connectivity index is 1.42. The standard InChI is InChI=1S/C45H60O21/c1-6-45(5,58)16-7-8-21(2)41(57)65-39-33(52)23(4)61-43(36(39)55)60-20-30-38(64-31(50)14-11-24-9-12-26(46)28(48)18-24)40(66-44-35(54)34(53)32(51)22(3)62-44)37(56)42(63-30)59-17-15-25-10-13-27(47)29(49)19-25/h6,8-14,18-19,22-23,30,32-40,42-44,46-49,51-56,58H,1,7,15-17,20H2,2-5H3/b14-11+,21-8+/t22-,23-,30+,32-,33-,34+,35+,36+,37+,38+,39+,40+,42+,43+,44-,45-/m0/s1. The van der Waals surface area contributed by atoms with Crippen LogP contribution in [-0.2, 0) is 53.9 Å². The summed E-state index contributed by atoms with van der Waals surface area (Å²) in [5.74, 6) is -3.63. The first-order valence-corrected chi connectivity index (χ1v) is 21.2. The zero-order chi connectivity index (χ0) is 48.6. The topological polar surface area (TPSA) is 331 Å². The second-order valence-corrected chi connectivity index (χ2v) is 16.6. The molecule has 0 saturated carbocycles. The van der Waals surface area contributed by atoms with E-state index in [-0.39, 0.29) is 42.8 Å². The molecule has 3 saturated heterocycles. The highest BCUT2D eigenvalue weighted by atomic mass is 16.8. The van der Waals surface area contributed by atoms with E-state index in [4.69, 9.17) is 37.9 Å². The minimum Gasteiger partial charge on any atom is -0.504 e. The Morgan fingerprint density at radius 2 is 1.35 bits per heavy atom. The molecule has 3 aliphatic rings. The van der Waals surface area contributed by atoms with Crippen molar-refractivity contribution in [3.05, 3.63) is 77.9 Å². The average Bonchev–Trinajstić information content (AvgIpc) is 3.27. The first-order valence-electron chi connectivity index (χ1n) is 21.2. The lowest BCUT2D eigenvalue weighted by Crippen LogP contribution is -2.65. The van der Waals surface area contributed by atoms with Gasteiger partial charge in [-0.15, -0.1) is 6.58 Å². The quantitative estimate of drug-likeness (QED) is 0.0407. The Hall–Kier alpha value is -4.72. The third kappa shape index (κ3) is 13.2. The van der Waals surface area contributed by atoms with Gasteiger partial charge in [-0.2, -0.15) is 0 Å². The van der Waals surface area contributed by atoms with Gasteiger partial charge in [-0.05, 0) is 88.4 Å². The Morgan fingerprint density at radius 1 is 0.727 bits per heavy atom. The first kappa shape index (κ1) is 52.3. The van der Waals surface area contributed by atoms with Gasteiger partial charge in [-0.25, -0.2) is 9.59 Å². The zero-order valence-electron chi connectivity index (χ0n) is 36.7. The number of carbonyl (C=O) groups excluding carboxylic acids is 2. The summed E-state index contributed by atoms with van der Waals surface area (Å²) in [6.07, 6.45) is -18.7. The SMILES string of the molecule is C=C[C@](C)(O)CC/C=C(\C)C(=O)O[C@@H]1[C@@H](O)[C@H](C)O[C@@H](OC[C@H]2O[C@@H](OCCc3ccc(O)c(O)c3)[C@H](O)[C@@H](O[C@@H]3O[C@@H](C)[C@H](O)[C@@H](O)[C@H]3O)[C@@H]2OC(=O)/C=C/c2ccc(O)c(O)c2)[C@@H]1O. The van der Waals surface area contributed by atoms with Crippen LogP contribution in [0.3, 0.4) is 0 Å². The molecule has 2 aromatic carbocycles. The van der Waals surface area contributed by atoms with Crippen molar-refractivity contribution in [1.82, 2.24) is 0 Å². The maximum absolute atomic E-state index is 13.5. The molecule has 21 heteroatoms. The fraction of sp³-hybridized carbons (Fsp3) is 0.556. The van der Waals surface area contributed by atoms with Crippen LogP contribution in [0.5, 0.6) is 23.0 Å². The normalized spacial score (nSPS) is 33.8. The minimum atomic E-state index is -1.90. The van der Waals surface area contributed by atoms with Crippen LogP contribution in [0.1, 0.15) is 51.7 Å². The fourth-order valence-corrected chi connectivity index (χ4v) is 7.19. The van der Waals surface area contributed by atoms with E-state index in [1.165, 1.54) is 69.3 Å². The van der Waals surface area contributed by atoms with E-state index in [9.17, 15) is 65.8 Å². The van der Waals surface area contributed by atoms with Crippen LogP contribution in [-0.4, -0.2) is 179 Å². The van der Waals surface area contributed by atoms with Crippen molar-refractivity contribution in [3.8, 4) is 23.0 Å². The van der Waals surface area contributed by atoms with Gasteiger partial charge in [-0.1, -0.05) is 24.3 Å². The van der Waals surface area contributed by atoms with E-state index >= 15 is 0 Å². The lowest BCUT2D eigenvalue weighted by Gasteiger charge is -2.47. The van der Waals surface area contributed by atoms with Crippen LogP contribution in [0.4, 0.5) is 0 Å². The van der Waals surface area contributed by atoms with Gasteiger partial charge in [0.1, 0.15) is 48.8 Å². The Morgan fingerprint density at radius 3 is 2.02 bits per heavy atom. The molecule has 0 aliphatic carbocycles. The molecular formula is C45H60O21. The molecule has 366 valence electrons. The van der Waals surface area contributed by atoms with E-state index in [1.54, 1.807) is 6.92 Å². The Kier molecular flexibility index (Phi) is 18.1. The van der Waals surface area contributed by atoms with Crippen LogP contribution < -0.4 is 0 Å². The maximum Gasteiger partial charge on any atom is 0.333 e. The summed E-state index contributed by atoms with van der Waals surface area (Å²) in [6, 6.07) is 7.77. The third-order valence-corrected chi connectivity index (χ3v) is 11.4. The molecule has 3 aliphatic heterocycles. The molecular weight excluding hydrogens is 876 g/mol. The molecule has 66 heavy (non-hydrogen) atoms. The number of aliphatic hydroxyl groups is 7. The molecule has 3 heterocycles. The Labute approximate surface area is 379 Å². The predicted molar refractivity (Wildman–Crippen MR) is 226 cm³/mol. The lowest BCUT2D eigenvalue weighted by atomic mass is 9.96. The van der Waals surface area contributed by atoms with Gasteiger partial charge in [0.05, 0.1) is 31.0 Å². The number of esters is 2. The van der Waals surface area contributed by atoms with Gasteiger partial charge in [0.2, 0.25) is 0 Å². The summed E-state index contributed by atoms with van der Waals surface area (Å²) in [5, 5.41) is 116. The van der Waals surface area contributed by atoms with Crippen LogP contribution in [0.2, 0.25) is 0 Å². The molecule has 3 fully saturated rings. The molecule has 0 aromatic heterocycles. The van der Waals surface area contributed by atoms with E-state index in [0.29, 0.717) is 5.56 Å². The summed E-state index contributed by atoms with van der Waals surface area (Å²) < 4.78 is 46.8. The molecule has 0 unspecified atom stereocenters.